The molecule has 1 aromatic carbocycles. The lowest BCUT2D eigenvalue weighted by Gasteiger charge is -2.36. The van der Waals surface area contributed by atoms with Crippen molar-refractivity contribution < 1.29 is 23.5 Å². The number of hydrogen-bond donors (Lipinski definition) is 0. The Balaban J connectivity index is 1.69. The minimum atomic E-state index is -0.443. The Morgan fingerprint density at radius 2 is 1.90 bits per heavy atom. The van der Waals surface area contributed by atoms with Crippen LogP contribution in [0, 0.1) is 0 Å². The number of furan rings is 1. The highest BCUT2D eigenvalue weighted by molar-refractivity contribution is 7.80. The van der Waals surface area contributed by atoms with Crippen molar-refractivity contribution in [1.82, 2.24) is 9.80 Å². The highest BCUT2D eigenvalue weighted by Gasteiger charge is 2.39. The quantitative estimate of drug-likeness (QED) is 0.412. The topological polar surface area (TPSA) is 72.2 Å². The number of benzene rings is 1. The summed E-state index contributed by atoms with van der Waals surface area (Å²) in [6.45, 7) is 2.81. The minimum Gasteiger partial charge on any atom is -0.467 e. The Labute approximate surface area is 173 Å². The molecule has 2 aliphatic heterocycles. The van der Waals surface area contributed by atoms with Crippen LogP contribution in [0.25, 0.3) is 6.08 Å². The van der Waals surface area contributed by atoms with E-state index in [-0.39, 0.29) is 29.9 Å². The molecule has 0 atom stereocenters. The van der Waals surface area contributed by atoms with Crippen molar-refractivity contribution in [2.24, 2.45) is 0 Å². The third-order valence-electron chi connectivity index (χ3n) is 4.75. The molecule has 0 unspecified atom stereocenters. The summed E-state index contributed by atoms with van der Waals surface area (Å²) in [5.74, 6) is 0.982. The standard InChI is InChI=1S/C21H20N2O5S/c1-2-3-8-22-19(24)16(10-14-6-7-17-18(11-14)28-13-27-17)20(25)23(21(22)29)12-15-5-4-9-26-15/h4-7,9-11H,2-3,8,12-13H2,1H3/b16-10+. The van der Waals surface area contributed by atoms with Crippen molar-refractivity contribution in [3.63, 3.8) is 0 Å². The lowest BCUT2D eigenvalue weighted by Crippen LogP contribution is -2.55. The van der Waals surface area contributed by atoms with Crippen LogP contribution >= 0.6 is 12.2 Å². The zero-order chi connectivity index (χ0) is 20.4. The molecule has 150 valence electrons. The SMILES string of the molecule is CCCCN1C(=O)/C(=C\c2ccc3c(c2)OCO3)C(=O)N(Cc2ccco2)C1=S. The summed E-state index contributed by atoms with van der Waals surface area (Å²) in [5.41, 5.74) is 0.729. The van der Waals surface area contributed by atoms with E-state index in [2.05, 4.69) is 0 Å². The van der Waals surface area contributed by atoms with Gasteiger partial charge in [0, 0.05) is 6.54 Å². The van der Waals surface area contributed by atoms with Crippen molar-refractivity contribution in [3.8, 4) is 11.5 Å². The monoisotopic (exact) mass is 412 g/mol. The number of thiocarbonyl (C=S) groups is 1. The largest absolute Gasteiger partial charge is 0.467 e. The van der Waals surface area contributed by atoms with Gasteiger partial charge in [0.1, 0.15) is 11.3 Å². The second-order valence-corrected chi connectivity index (χ2v) is 7.10. The number of rotatable bonds is 6. The van der Waals surface area contributed by atoms with E-state index in [1.54, 1.807) is 36.4 Å². The molecule has 4 rings (SSSR count). The van der Waals surface area contributed by atoms with Gasteiger partial charge in [-0.3, -0.25) is 19.4 Å². The normalized spacial score (nSPS) is 17.6. The lowest BCUT2D eigenvalue weighted by atomic mass is 10.1. The van der Waals surface area contributed by atoms with Crippen LogP contribution in [0.1, 0.15) is 31.1 Å². The fourth-order valence-electron chi connectivity index (χ4n) is 3.21. The van der Waals surface area contributed by atoms with Gasteiger partial charge in [-0.15, -0.1) is 0 Å². The molecule has 2 amide bonds. The molecule has 2 aliphatic rings. The molecule has 0 spiro atoms. The molecular weight excluding hydrogens is 392 g/mol. The van der Waals surface area contributed by atoms with Gasteiger partial charge >= 0.3 is 0 Å². The molecule has 1 aromatic heterocycles. The van der Waals surface area contributed by atoms with Gasteiger partial charge in [-0.25, -0.2) is 0 Å². The first-order valence-corrected chi connectivity index (χ1v) is 9.80. The van der Waals surface area contributed by atoms with E-state index in [1.165, 1.54) is 16.1 Å². The Bertz CT molecular complexity index is 983. The maximum atomic E-state index is 13.2. The third-order valence-corrected chi connectivity index (χ3v) is 5.19. The average Bonchev–Trinajstić information content (AvgIpc) is 3.40. The van der Waals surface area contributed by atoms with E-state index in [0.717, 1.165) is 12.8 Å². The molecule has 0 radical (unpaired) electrons. The highest BCUT2D eigenvalue weighted by Crippen LogP contribution is 2.33. The number of nitrogens with zero attached hydrogens (tertiary/aromatic N) is 2. The summed E-state index contributed by atoms with van der Waals surface area (Å²) >= 11 is 5.48. The predicted molar refractivity (Wildman–Crippen MR) is 109 cm³/mol. The molecule has 0 aliphatic carbocycles. The number of carbonyl (C=O) groups excluding carboxylic acids is 2. The van der Waals surface area contributed by atoms with E-state index in [9.17, 15) is 9.59 Å². The van der Waals surface area contributed by atoms with Crippen molar-refractivity contribution in [1.29, 1.82) is 0 Å². The van der Waals surface area contributed by atoms with Crippen LogP contribution in [-0.4, -0.2) is 40.1 Å². The first-order valence-electron chi connectivity index (χ1n) is 9.40. The summed E-state index contributed by atoms with van der Waals surface area (Å²) in [5, 5.41) is 0.202. The van der Waals surface area contributed by atoms with E-state index < -0.39 is 5.91 Å². The van der Waals surface area contributed by atoms with E-state index in [4.69, 9.17) is 26.1 Å². The first-order chi connectivity index (χ1) is 14.1. The van der Waals surface area contributed by atoms with Gasteiger partial charge in [0.05, 0.1) is 12.8 Å². The molecule has 8 heteroatoms. The van der Waals surface area contributed by atoms with E-state index in [1.807, 2.05) is 6.92 Å². The van der Waals surface area contributed by atoms with Gasteiger partial charge in [0.15, 0.2) is 16.6 Å². The Hall–Kier alpha value is -3.13. The summed E-state index contributed by atoms with van der Waals surface area (Å²) in [4.78, 5) is 29.1. The number of amides is 2. The minimum absolute atomic E-state index is 0.0557. The maximum absolute atomic E-state index is 13.2. The van der Waals surface area contributed by atoms with Crippen LogP contribution in [0.2, 0.25) is 0 Å². The Morgan fingerprint density at radius 1 is 1.10 bits per heavy atom. The molecule has 0 N–H and O–H groups in total. The Morgan fingerprint density at radius 3 is 2.66 bits per heavy atom. The fourth-order valence-corrected chi connectivity index (χ4v) is 3.53. The third kappa shape index (κ3) is 3.75. The second-order valence-electron chi connectivity index (χ2n) is 6.73. The maximum Gasteiger partial charge on any atom is 0.266 e. The zero-order valence-corrected chi connectivity index (χ0v) is 16.7. The molecule has 7 nitrogen and oxygen atoms in total. The van der Waals surface area contributed by atoms with Gasteiger partial charge in [-0.1, -0.05) is 19.4 Å². The van der Waals surface area contributed by atoms with E-state index in [0.29, 0.717) is 29.4 Å². The number of ether oxygens (including phenoxy) is 2. The fraction of sp³-hybridized carbons (Fsp3) is 0.286. The molecule has 0 saturated carbocycles. The number of hydrogen-bond acceptors (Lipinski definition) is 6. The van der Waals surface area contributed by atoms with Crippen LogP contribution in [0.5, 0.6) is 11.5 Å². The second kappa shape index (κ2) is 8.08. The predicted octanol–water partition coefficient (Wildman–Crippen LogP) is 3.35. The molecule has 1 fully saturated rings. The van der Waals surface area contributed by atoms with Crippen LogP contribution < -0.4 is 9.47 Å². The first kappa shape index (κ1) is 19.2. The molecule has 2 aromatic rings. The molecule has 1 saturated heterocycles. The van der Waals surface area contributed by atoms with Crippen molar-refractivity contribution in [2.45, 2.75) is 26.3 Å². The lowest BCUT2D eigenvalue weighted by molar-refractivity contribution is -0.134. The van der Waals surface area contributed by atoms with Gasteiger partial charge in [-0.05, 0) is 54.5 Å². The van der Waals surface area contributed by atoms with Crippen molar-refractivity contribution in [3.05, 3.63) is 53.5 Å². The van der Waals surface area contributed by atoms with Gasteiger partial charge in [0.2, 0.25) is 6.79 Å². The number of fused-ring (bicyclic) bond motifs is 1. The number of carbonyl (C=O) groups is 2. The zero-order valence-electron chi connectivity index (χ0n) is 15.9. The summed E-state index contributed by atoms with van der Waals surface area (Å²) in [6.07, 6.45) is 4.80. The number of unbranched alkanes of at least 4 members (excludes halogenated alkanes) is 1. The van der Waals surface area contributed by atoms with Crippen LogP contribution in [0.4, 0.5) is 0 Å². The average molecular weight is 412 g/mol. The van der Waals surface area contributed by atoms with Crippen LogP contribution in [-0.2, 0) is 16.1 Å². The molecule has 3 heterocycles. The molecule has 0 bridgehead atoms. The van der Waals surface area contributed by atoms with Crippen molar-refractivity contribution in [2.75, 3.05) is 13.3 Å². The van der Waals surface area contributed by atoms with Crippen LogP contribution in [0.15, 0.2) is 46.6 Å². The van der Waals surface area contributed by atoms with Crippen molar-refractivity contribution >= 4 is 35.2 Å². The smallest absolute Gasteiger partial charge is 0.266 e. The van der Waals surface area contributed by atoms with E-state index >= 15 is 0 Å². The summed E-state index contributed by atoms with van der Waals surface area (Å²) in [6, 6.07) is 8.80. The van der Waals surface area contributed by atoms with Gasteiger partial charge in [-0.2, -0.15) is 0 Å². The van der Waals surface area contributed by atoms with Crippen LogP contribution in [0.3, 0.4) is 0 Å². The van der Waals surface area contributed by atoms with Gasteiger partial charge < -0.3 is 13.9 Å². The molecular formula is C21H20N2O5S. The highest BCUT2D eigenvalue weighted by atomic mass is 32.1. The summed E-state index contributed by atoms with van der Waals surface area (Å²) in [7, 11) is 0. The Kier molecular flexibility index (Phi) is 5.35. The summed E-state index contributed by atoms with van der Waals surface area (Å²) < 4.78 is 16.1. The van der Waals surface area contributed by atoms with Gasteiger partial charge in [0.25, 0.3) is 11.8 Å². The molecule has 29 heavy (non-hydrogen) atoms.